The second-order valence-electron chi connectivity index (χ2n) is 5.68. The molecule has 3 rings (SSSR count). The standard InChI is InChI=1S/C18H21N3O2.ClH/c1-20-16-9-6-14(10-17(16)21(2)18(20)22)12-19-11-13-4-7-15(23-3)8-5-13;/h4-10,19H,11-12H2,1-3H3;1H/p-1. The van der Waals surface area contributed by atoms with Crippen molar-refractivity contribution >= 4 is 11.0 Å². The van der Waals surface area contributed by atoms with Crippen LogP contribution in [0.4, 0.5) is 0 Å². The highest BCUT2D eigenvalue weighted by molar-refractivity contribution is 5.76. The molecule has 128 valence electrons. The molecule has 0 aliphatic heterocycles. The van der Waals surface area contributed by atoms with Crippen LogP contribution in [0.5, 0.6) is 5.75 Å². The Labute approximate surface area is 147 Å². The van der Waals surface area contributed by atoms with E-state index in [1.165, 1.54) is 5.56 Å². The van der Waals surface area contributed by atoms with Crippen molar-refractivity contribution in [2.45, 2.75) is 13.1 Å². The van der Waals surface area contributed by atoms with Crippen molar-refractivity contribution in [1.29, 1.82) is 0 Å². The Bertz CT molecular complexity index is 882. The van der Waals surface area contributed by atoms with E-state index in [1.807, 2.05) is 18.2 Å². The van der Waals surface area contributed by atoms with Gasteiger partial charge < -0.3 is 22.5 Å². The number of methoxy groups -OCH3 is 1. The predicted molar refractivity (Wildman–Crippen MR) is 91.7 cm³/mol. The van der Waals surface area contributed by atoms with Gasteiger partial charge in [0.1, 0.15) is 5.75 Å². The molecule has 0 atom stereocenters. The number of rotatable bonds is 5. The molecule has 0 aliphatic carbocycles. The number of benzene rings is 2. The van der Waals surface area contributed by atoms with Crippen LogP contribution in [0.2, 0.25) is 0 Å². The third-order valence-electron chi connectivity index (χ3n) is 4.15. The maximum atomic E-state index is 12.0. The van der Waals surface area contributed by atoms with Gasteiger partial charge in [0.25, 0.3) is 0 Å². The molecule has 24 heavy (non-hydrogen) atoms. The summed E-state index contributed by atoms with van der Waals surface area (Å²) in [5.74, 6) is 0.865. The summed E-state index contributed by atoms with van der Waals surface area (Å²) in [6.45, 7) is 1.54. The minimum Gasteiger partial charge on any atom is -1.00 e. The molecule has 0 unspecified atom stereocenters. The number of aryl methyl sites for hydroxylation is 2. The Hall–Kier alpha value is -2.24. The number of nitrogens with one attached hydrogen (secondary N) is 1. The Morgan fingerprint density at radius 2 is 1.50 bits per heavy atom. The average Bonchev–Trinajstić information content (AvgIpc) is 2.80. The van der Waals surface area contributed by atoms with Crippen molar-refractivity contribution in [1.82, 2.24) is 14.5 Å². The molecule has 2 aromatic carbocycles. The van der Waals surface area contributed by atoms with E-state index < -0.39 is 0 Å². The van der Waals surface area contributed by atoms with E-state index in [0.717, 1.165) is 35.4 Å². The molecule has 0 radical (unpaired) electrons. The Morgan fingerprint density at radius 1 is 0.917 bits per heavy atom. The van der Waals surface area contributed by atoms with E-state index in [1.54, 1.807) is 30.3 Å². The third-order valence-corrected chi connectivity index (χ3v) is 4.15. The number of halogens is 1. The Balaban J connectivity index is 0.00000208. The second kappa shape index (κ2) is 7.55. The van der Waals surface area contributed by atoms with Gasteiger partial charge in [0.2, 0.25) is 0 Å². The van der Waals surface area contributed by atoms with E-state index in [9.17, 15) is 4.79 Å². The summed E-state index contributed by atoms with van der Waals surface area (Å²) in [6, 6.07) is 14.2. The normalized spacial score (nSPS) is 10.6. The summed E-state index contributed by atoms with van der Waals surface area (Å²) in [5.41, 5.74) is 4.28. The molecular formula is C18H21ClN3O2-. The molecule has 0 saturated heterocycles. The van der Waals surface area contributed by atoms with Gasteiger partial charge in [-0.1, -0.05) is 18.2 Å². The van der Waals surface area contributed by atoms with Gasteiger partial charge in [0.15, 0.2) is 0 Å². The van der Waals surface area contributed by atoms with Crippen LogP contribution in [0.1, 0.15) is 11.1 Å². The predicted octanol–water partition coefficient (Wildman–Crippen LogP) is -0.821. The first-order chi connectivity index (χ1) is 11.1. The topological polar surface area (TPSA) is 48.2 Å². The Kier molecular flexibility index (Phi) is 5.70. The number of hydrogen-bond donors (Lipinski definition) is 1. The molecule has 0 amide bonds. The van der Waals surface area contributed by atoms with Gasteiger partial charge in [-0.15, -0.1) is 0 Å². The molecule has 0 aliphatic rings. The van der Waals surface area contributed by atoms with Crippen LogP contribution in [0.3, 0.4) is 0 Å². The molecule has 1 heterocycles. The fourth-order valence-electron chi connectivity index (χ4n) is 2.76. The van der Waals surface area contributed by atoms with E-state index in [2.05, 4.69) is 29.6 Å². The van der Waals surface area contributed by atoms with Crippen LogP contribution >= 0.6 is 0 Å². The van der Waals surface area contributed by atoms with Crippen molar-refractivity contribution in [2.24, 2.45) is 14.1 Å². The van der Waals surface area contributed by atoms with Crippen molar-refractivity contribution < 1.29 is 17.1 Å². The van der Waals surface area contributed by atoms with Gasteiger partial charge in [0, 0.05) is 27.2 Å². The summed E-state index contributed by atoms with van der Waals surface area (Å²) in [7, 11) is 5.27. The highest BCUT2D eigenvalue weighted by Gasteiger charge is 2.07. The first-order valence-corrected chi connectivity index (χ1v) is 7.58. The fraction of sp³-hybridized carbons (Fsp3) is 0.278. The average molecular weight is 347 g/mol. The van der Waals surface area contributed by atoms with Crippen molar-refractivity contribution in [3.8, 4) is 5.75 Å². The van der Waals surface area contributed by atoms with Gasteiger partial charge in [-0.25, -0.2) is 4.79 Å². The minimum atomic E-state index is 0. The molecule has 5 nitrogen and oxygen atoms in total. The van der Waals surface area contributed by atoms with Crippen LogP contribution in [0, 0.1) is 0 Å². The van der Waals surface area contributed by atoms with Crippen LogP contribution < -0.4 is 28.2 Å². The number of imidazole rings is 1. The number of fused-ring (bicyclic) bond motifs is 1. The van der Waals surface area contributed by atoms with Crippen LogP contribution in [0.15, 0.2) is 47.3 Å². The highest BCUT2D eigenvalue weighted by Crippen LogP contribution is 2.14. The van der Waals surface area contributed by atoms with Gasteiger partial charge in [-0.05, 0) is 35.4 Å². The van der Waals surface area contributed by atoms with Crippen LogP contribution in [0.25, 0.3) is 11.0 Å². The van der Waals surface area contributed by atoms with E-state index >= 15 is 0 Å². The first-order valence-electron chi connectivity index (χ1n) is 7.58. The Morgan fingerprint density at radius 3 is 2.17 bits per heavy atom. The molecule has 0 fully saturated rings. The SMILES string of the molecule is COc1ccc(CNCc2ccc3c(c2)n(C)c(=O)n3C)cc1.[Cl-]. The number of aromatic nitrogens is 2. The second-order valence-corrected chi connectivity index (χ2v) is 5.68. The van der Waals surface area contributed by atoms with E-state index in [0.29, 0.717) is 0 Å². The van der Waals surface area contributed by atoms with Crippen LogP contribution in [-0.4, -0.2) is 16.2 Å². The molecule has 3 aromatic rings. The van der Waals surface area contributed by atoms with Gasteiger partial charge in [0.05, 0.1) is 18.1 Å². The maximum absolute atomic E-state index is 12.0. The summed E-state index contributed by atoms with van der Waals surface area (Å²) >= 11 is 0. The summed E-state index contributed by atoms with van der Waals surface area (Å²) < 4.78 is 8.51. The van der Waals surface area contributed by atoms with Gasteiger partial charge >= 0.3 is 5.69 Å². The van der Waals surface area contributed by atoms with Gasteiger partial charge in [-0.2, -0.15) is 0 Å². The lowest BCUT2D eigenvalue weighted by atomic mass is 10.1. The summed E-state index contributed by atoms with van der Waals surface area (Å²) in [4.78, 5) is 12.0. The highest BCUT2D eigenvalue weighted by atomic mass is 35.5. The van der Waals surface area contributed by atoms with E-state index in [-0.39, 0.29) is 18.1 Å². The molecule has 0 saturated carbocycles. The number of hydrogen-bond acceptors (Lipinski definition) is 3. The van der Waals surface area contributed by atoms with Crippen molar-refractivity contribution in [3.05, 3.63) is 64.1 Å². The number of nitrogens with zero attached hydrogens (tertiary/aromatic N) is 2. The molecular weight excluding hydrogens is 326 g/mol. The molecule has 0 spiro atoms. The lowest BCUT2D eigenvalue weighted by Crippen LogP contribution is -3.00. The molecule has 1 N–H and O–H groups in total. The first kappa shape index (κ1) is 18.1. The zero-order valence-corrected chi connectivity index (χ0v) is 14.8. The van der Waals surface area contributed by atoms with Crippen molar-refractivity contribution in [2.75, 3.05) is 7.11 Å². The molecule has 6 heteroatoms. The lowest BCUT2D eigenvalue weighted by Gasteiger charge is -2.07. The monoisotopic (exact) mass is 346 g/mol. The van der Waals surface area contributed by atoms with Crippen LogP contribution in [-0.2, 0) is 27.2 Å². The third kappa shape index (κ3) is 3.47. The van der Waals surface area contributed by atoms with E-state index in [4.69, 9.17) is 4.74 Å². The van der Waals surface area contributed by atoms with Gasteiger partial charge in [-0.3, -0.25) is 9.13 Å². The largest absolute Gasteiger partial charge is 1.00 e. The smallest absolute Gasteiger partial charge is 0.328 e. The fourth-order valence-corrected chi connectivity index (χ4v) is 2.76. The summed E-state index contributed by atoms with van der Waals surface area (Å²) in [5, 5.41) is 3.43. The minimum absolute atomic E-state index is 0. The molecule has 1 aromatic heterocycles. The lowest BCUT2D eigenvalue weighted by molar-refractivity contribution is -0.00000517. The summed E-state index contributed by atoms with van der Waals surface area (Å²) in [6.07, 6.45) is 0. The molecule has 0 bridgehead atoms. The quantitative estimate of drug-likeness (QED) is 0.657. The number of ether oxygens (including phenoxy) is 1. The zero-order valence-electron chi connectivity index (χ0n) is 14.0. The maximum Gasteiger partial charge on any atom is 0.328 e. The zero-order chi connectivity index (χ0) is 16.4. The van der Waals surface area contributed by atoms with Crippen molar-refractivity contribution in [3.63, 3.8) is 0 Å².